The highest BCUT2D eigenvalue weighted by atomic mass is 35.5. The van der Waals surface area contributed by atoms with E-state index in [0.29, 0.717) is 12.3 Å². The highest BCUT2D eigenvalue weighted by molar-refractivity contribution is 6.17. The molecule has 1 heterocycles. The quantitative estimate of drug-likeness (QED) is 0.693. The molecule has 2 aromatic rings. The second-order valence-corrected chi connectivity index (χ2v) is 5.51. The van der Waals surface area contributed by atoms with Crippen molar-refractivity contribution in [2.75, 3.05) is 25.5 Å². The molecule has 0 aliphatic carbocycles. The van der Waals surface area contributed by atoms with Gasteiger partial charge in [0.25, 0.3) is 0 Å². The minimum atomic E-state index is -0.243. The summed E-state index contributed by atoms with van der Waals surface area (Å²) < 4.78 is 15.5. The summed E-state index contributed by atoms with van der Waals surface area (Å²) in [5.74, 6) is 1.24. The minimum Gasteiger partial charge on any atom is -0.328 e. The number of nitrogens with zero attached hydrogens (tertiary/aromatic N) is 3. The first-order chi connectivity index (χ1) is 10.2. The minimum absolute atomic E-state index is 0.243. The van der Waals surface area contributed by atoms with E-state index in [0.717, 1.165) is 49.5 Å². The summed E-state index contributed by atoms with van der Waals surface area (Å²) in [7, 11) is 0. The van der Waals surface area contributed by atoms with Crippen LogP contribution < -0.4 is 0 Å². The molecule has 0 amide bonds. The lowest BCUT2D eigenvalue weighted by Gasteiger charge is -2.18. The summed E-state index contributed by atoms with van der Waals surface area (Å²) in [5.41, 5.74) is 1.72. The van der Waals surface area contributed by atoms with Crippen molar-refractivity contribution in [1.29, 1.82) is 0 Å². The molecule has 5 heteroatoms. The third kappa shape index (κ3) is 3.95. The smallest absolute Gasteiger partial charge is 0.125 e. The van der Waals surface area contributed by atoms with Gasteiger partial charge in [0.15, 0.2) is 0 Å². The number of benzene rings is 1. The Morgan fingerprint density at radius 3 is 2.71 bits per heavy atom. The Morgan fingerprint density at radius 1 is 1.29 bits per heavy atom. The molecule has 21 heavy (non-hydrogen) atoms. The molecule has 0 saturated carbocycles. The summed E-state index contributed by atoms with van der Waals surface area (Å²) >= 11 is 5.86. The lowest BCUT2D eigenvalue weighted by Crippen LogP contribution is -2.25. The number of imidazole rings is 1. The van der Waals surface area contributed by atoms with Crippen LogP contribution in [0.15, 0.2) is 18.2 Å². The zero-order valence-electron chi connectivity index (χ0n) is 12.8. The number of rotatable bonds is 8. The monoisotopic (exact) mass is 311 g/mol. The third-order valence-electron chi connectivity index (χ3n) is 3.86. The fraction of sp³-hybridized carbons (Fsp3) is 0.562. The predicted molar refractivity (Wildman–Crippen MR) is 86.5 cm³/mol. The van der Waals surface area contributed by atoms with Gasteiger partial charge in [-0.3, -0.25) is 0 Å². The third-order valence-corrected chi connectivity index (χ3v) is 4.05. The van der Waals surface area contributed by atoms with Gasteiger partial charge < -0.3 is 9.47 Å². The Kier molecular flexibility index (Phi) is 6.00. The van der Waals surface area contributed by atoms with Gasteiger partial charge in [-0.2, -0.15) is 0 Å². The molecule has 0 atom stereocenters. The van der Waals surface area contributed by atoms with Crippen molar-refractivity contribution in [3.63, 3.8) is 0 Å². The molecular weight excluding hydrogens is 289 g/mol. The van der Waals surface area contributed by atoms with Crippen molar-refractivity contribution >= 4 is 22.6 Å². The molecule has 0 bridgehead atoms. The number of alkyl halides is 1. The first-order valence-electron chi connectivity index (χ1n) is 7.62. The van der Waals surface area contributed by atoms with Crippen LogP contribution in [0.2, 0.25) is 0 Å². The summed E-state index contributed by atoms with van der Waals surface area (Å²) in [6, 6.07) is 4.80. The highest BCUT2D eigenvalue weighted by Crippen LogP contribution is 2.19. The topological polar surface area (TPSA) is 21.1 Å². The van der Waals surface area contributed by atoms with Crippen LogP contribution in [0.5, 0.6) is 0 Å². The summed E-state index contributed by atoms with van der Waals surface area (Å²) in [4.78, 5) is 6.93. The number of aromatic nitrogens is 2. The Balaban J connectivity index is 2.18. The van der Waals surface area contributed by atoms with Gasteiger partial charge in [0.1, 0.15) is 11.6 Å². The van der Waals surface area contributed by atoms with E-state index < -0.39 is 0 Å². The fourth-order valence-electron chi connectivity index (χ4n) is 2.67. The van der Waals surface area contributed by atoms with Crippen molar-refractivity contribution in [2.45, 2.75) is 33.2 Å². The Hall–Kier alpha value is -1.13. The van der Waals surface area contributed by atoms with Gasteiger partial charge >= 0.3 is 0 Å². The van der Waals surface area contributed by atoms with Gasteiger partial charge in [-0.15, -0.1) is 11.6 Å². The number of hydrogen-bond acceptors (Lipinski definition) is 2. The molecule has 1 aromatic carbocycles. The molecule has 0 aliphatic rings. The van der Waals surface area contributed by atoms with Crippen LogP contribution in [-0.2, 0) is 13.0 Å². The average molecular weight is 312 g/mol. The van der Waals surface area contributed by atoms with Gasteiger partial charge in [0.05, 0.1) is 11.0 Å². The SMILES string of the molecule is CCN(CC)CCCn1c(CCCl)nc2cc(F)ccc21. The van der Waals surface area contributed by atoms with Crippen LogP contribution in [0.4, 0.5) is 4.39 Å². The Morgan fingerprint density at radius 2 is 2.05 bits per heavy atom. The first-order valence-corrected chi connectivity index (χ1v) is 8.16. The van der Waals surface area contributed by atoms with Crippen LogP contribution in [0.25, 0.3) is 11.0 Å². The molecule has 116 valence electrons. The maximum absolute atomic E-state index is 13.3. The highest BCUT2D eigenvalue weighted by Gasteiger charge is 2.11. The van der Waals surface area contributed by atoms with Crippen molar-refractivity contribution in [1.82, 2.24) is 14.5 Å². The second kappa shape index (κ2) is 7.76. The van der Waals surface area contributed by atoms with Gasteiger partial charge in [-0.1, -0.05) is 13.8 Å². The van der Waals surface area contributed by atoms with E-state index in [9.17, 15) is 4.39 Å². The zero-order chi connectivity index (χ0) is 15.2. The van der Waals surface area contributed by atoms with Crippen molar-refractivity contribution in [2.24, 2.45) is 0 Å². The van der Waals surface area contributed by atoms with Crippen LogP contribution in [0.3, 0.4) is 0 Å². The second-order valence-electron chi connectivity index (χ2n) is 5.13. The van der Waals surface area contributed by atoms with Gasteiger partial charge in [-0.05, 0) is 38.2 Å². The van der Waals surface area contributed by atoms with Gasteiger partial charge in [0.2, 0.25) is 0 Å². The van der Waals surface area contributed by atoms with Crippen LogP contribution in [-0.4, -0.2) is 40.0 Å². The Bertz CT molecular complexity index is 578. The maximum atomic E-state index is 13.3. The molecule has 2 rings (SSSR count). The normalized spacial score (nSPS) is 11.7. The molecule has 1 aromatic heterocycles. The molecule has 0 aliphatic heterocycles. The number of fused-ring (bicyclic) bond motifs is 1. The first kappa shape index (κ1) is 16.2. The summed E-state index contributed by atoms with van der Waals surface area (Å²) in [6.45, 7) is 8.45. The molecule has 3 nitrogen and oxygen atoms in total. The zero-order valence-corrected chi connectivity index (χ0v) is 13.5. The summed E-state index contributed by atoms with van der Waals surface area (Å²) in [5, 5.41) is 0. The van der Waals surface area contributed by atoms with Crippen molar-refractivity contribution in [3.8, 4) is 0 Å². The van der Waals surface area contributed by atoms with E-state index in [1.165, 1.54) is 12.1 Å². The van der Waals surface area contributed by atoms with E-state index >= 15 is 0 Å². The predicted octanol–water partition coefficient (Wildman–Crippen LogP) is 3.69. The number of hydrogen-bond donors (Lipinski definition) is 0. The molecule has 0 N–H and O–H groups in total. The van der Waals surface area contributed by atoms with Crippen LogP contribution in [0.1, 0.15) is 26.1 Å². The maximum Gasteiger partial charge on any atom is 0.125 e. The molecule has 0 spiro atoms. The van der Waals surface area contributed by atoms with E-state index in [4.69, 9.17) is 11.6 Å². The largest absolute Gasteiger partial charge is 0.328 e. The van der Waals surface area contributed by atoms with Crippen molar-refractivity contribution < 1.29 is 4.39 Å². The van der Waals surface area contributed by atoms with E-state index in [2.05, 4.69) is 28.3 Å². The fourth-order valence-corrected chi connectivity index (χ4v) is 2.84. The lowest BCUT2D eigenvalue weighted by molar-refractivity contribution is 0.293. The Labute approximate surface area is 130 Å². The van der Waals surface area contributed by atoms with Gasteiger partial charge in [0, 0.05) is 24.9 Å². The van der Waals surface area contributed by atoms with E-state index in [1.807, 2.05) is 6.07 Å². The molecule has 0 radical (unpaired) electrons. The average Bonchev–Trinajstić information content (AvgIpc) is 2.81. The molecule has 0 unspecified atom stereocenters. The van der Waals surface area contributed by atoms with Gasteiger partial charge in [-0.25, -0.2) is 9.37 Å². The van der Waals surface area contributed by atoms with Crippen molar-refractivity contribution in [3.05, 3.63) is 29.8 Å². The van der Waals surface area contributed by atoms with E-state index in [-0.39, 0.29) is 5.82 Å². The summed E-state index contributed by atoms with van der Waals surface area (Å²) in [6.07, 6.45) is 1.77. The number of aryl methyl sites for hydroxylation is 2. The van der Waals surface area contributed by atoms with Crippen LogP contribution in [0, 0.1) is 5.82 Å². The van der Waals surface area contributed by atoms with E-state index in [1.54, 1.807) is 0 Å². The standard InChI is InChI=1S/C16H23ClFN3/c1-3-20(4-2)10-5-11-21-15-7-6-13(18)12-14(15)19-16(21)8-9-17/h6-7,12H,3-5,8-11H2,1-2H3. The van der Waals surface area contributed by atoms with Crippen LogP contribution >= 0.6 is 11.6 Å². The molecule has 0 fully saturated rings. The lowest BCUT2D eigenvalue weighted by atomic mass is 10.3. The molecule has 0 saturated heterocycles. The molecular formula is C16H23ClFN3. The number of halogens is 2.